The van der Waals surface area contributed by atoms with E-state index >= 15 is 0 Å². The summed E-state index contributed by atoms with van der Waals surface area (Å²) in [5.41, 5.74) is 9.15. The molecule has 0 fully saturated rings. The van der Waals surface area contributed by atoms with Gasteiger partial charge in [-0.1, -0.05) is 0 Å². The summed E-state index contributed by atoms with van der Waals surface area (Å²) in [5, 5.41) is 4.00. The Morgan fingerprint density at radius 1 is 1.07 bits per heavy atom. The van der Waals surface area contributed by atoms with E-state index in [1.807, 2.05) is 24.3 Å². The van der Waals surface area contributed by atoms with Gasteiger partial charge in [-0.15, -0.1) is 0 Å². The zero-order chi connectivity index (χ0) is 19.5. The van der Waals surface area contributed by atoms with Crippen LogP contribution in [0.25, 0.3) is 0 Å². The fourth-order valence-electron chi connectivity index (χ4n) is 2.06. The third kappa shape index (κ3) is 7.33. The molecule has 0 spiro atoms. The van der Waals surface area contributed by atoms with Crippen molar-refractivity contribution in [2.24, 2.45) is 10.8 Å². The van der Waals surface area contributed by atoms with Crippen molar-refractivity contribution < 1.29 is 19.0 Å². The van der Waals surface area contributed by atoms with Gasteiger partial charge < -0.3 is 19.9 Å². The van der Waals surface area contributed by atoms with E-state index in [0.29, 0.717) is 24.5 Å². The standard InChI is InChI=1S/C19H21N3O4S/c1-24-18(23)15-5-9-17(10-6-15)26-12-2-11-25-16-7-3-14(4-8-16)13-21-22-19(20)27/h3-10,13H,2,11-12H2,1H3,(H3,20,22,27). The minimum Gasteiger partial charge on any atom is -0.493 e. The van der Waals surface area contributed by atoms with E-state index < -0.39 is 0 Å². The molecule has 0 saturated carbocycles. The van der Waals surface area contributed by atoms with Gasteiger partial charge >= 0.3 is 5.97 Å². The molecule has 0 aromatic heterocycles. The number of hydrogen-bond acceptors (Lipinski definition) is 6. The average molecular weight is 387 g/mol. The number of methoxy groups -OCH3 is 1. The first-order valence-electron chi connectivity index (χ1n) is 8.21. The largest absolute Gasteiger partial charge is 0.493 e. The van der Waals surface area contributed by atoms with Crippen molar-refractivity contribution in [1.29, 1.82) is 0 Å². The van der Waals surface area contributed by atoms with Crippen molar-refractivity contribution in [1.82, 2.24) is 5.43 Å². The van der Waals surface area contributed by atoms with Crippen molar-refractivity contribution in [3.8, 4) is 11.5 Å². The molecule has 142 valence electrons. The molecule has 0 bridgehead atoms. The summed E-state index contributed by atoms with van der Waals surface area (Å²) in [5.74, 6) is 1.08. The molecule has 0 aliphatic carbocycles. The van der Waals surface area contributed by atoms with E-state index in [9.17, 15) is 4.79 Å². The molecule has 0 radical (unpaired) electrons. The van der Waals surface area contributed by atoms with Gasteiger partial charge in [0, 0.05) is 6.42 Å². The molecule has 27 heavy (non-hydrogen) atoms. The number of benzene rings is 2. The van der Waals surface area contributed by atoms with Crippen LogP contribution >= 0.6 is 12.2 Å². The SMILES string of the molecule is COC(=O)c1ccc(OCCCOc2ccc(C=NNC(N)=S)cc2)cc1. The number of rotatable bonds is 9. The summed E-state index contributed by atoms with van der Waals surface area (Å²) in [6.45, 7) is 1.03. The number of hydrogen-bond donors (Lipinski definition) is 2. The molecule has 2 aromatic rings. The van der Waals surface area contributed by atoms with Gasteiger partial charge in [-0.25, -0.2) is 4.79 Å². The van der Waals surface area contributed by atoms with Crippen LogP contribution in [-0.2, 0) is 4.74 Å². The Morgan fingerprint density at radius 3 is 2.15 bits per heavy atom. The lowest BCUT2D eigenvalue weighted by Crippen LogP contribution is -2.23. The summed E-state index contributed by atoms with van der Waals surface area (Å²) < 4.78 is 15.9. The van der Waals surface area contributed by atoms with Crippen LogP contribution in [0.1, 0.15) is 22.3 Å². The lowest BCUT2D eigenvalue weighted by molar-refractivity contribution is 0.0600. The Hall–Kier alpha value is -3.13. The molecule has 0 aliphatic heterocycles. The maximum atomic E-state index is 11.4. The second-order valence-electron chi connectivity index (χ2n) is 5.37. The second kappa shape index (κ2) is 10.8. The minimum atomic E-state index is -0.369. The molecule has 0 saturated heterocycles. The molecule has 8 heteroatoms. The number of ether oxygens (including phenoxy) is 3. The molecule has 0 amide bonds. The molecule has 0 aliphatic rings. The highest BCUT2D eigenvalue weighted by Gasteiger charge is 2.04. The summed E-state index contributed by atoms with van der Waals surface area (Å²) in [4.78, 5) is 11.4. The Morgan fingerprint density at radius 2 is 1.63 bits per heavy atom. The van der Waals surface area contributed by atoms with Gasteiger partial charge in [0.2, 0.25) is 0 Å². The van der Waals surface area contributed by atoms with Gasteiger partial charge in [0.05, 0.1) is 32.1 Å². The monoisotopic (exact) mass is 387 g/mol. The molecule has 0 atom stereocenters. The van der Waals surface area contributed by atoms with Gasteiger partial charge in [-0.05, 0) is 66.3 Å². The van der Waals surface area contributed by atoms with E-state index in [4.69, 9.17) is 15.2 Å². The lowest BCUT2D eigenvalue weighted by atomic mass is 10.2. The number of nitrogens with zero attached hydrogens (tertiary/aromatic N) is 1. The Kier molecular flexibility index (Phi) is 8.05. The minimum absolute atomic E-state index is 0.118. The fourth-order valence-corrected chi connectivity index (χ4v) is 2.12. The van der Waals surface area contributed by atoms with Crippen molar-refractivity contribution in [2.45, 2.75) is 6.42 Å². The van der Waals surface area contributed by atoms with Crippen molar-refractivity contribution >= 4 is 29.5 Å². The van der Waals surface area contributed by atoms with Crippen molar-refractivity contribution in [3.05, 3.63) is 59.7 Å². The van der Waals surface area contributed by atoms with Crippen LogP contribution in [0.15, 0.2) is 53.6 Å². The highest BCUT2D eigenvalue weighted by Crippen LogP contribution is 2.14. The summed E-state index contributed by atoms with van der Waals surface area (Å²) in [6.07, 6.45) is 2.34. The molecule has 7 nitrogen and oxygen atoms in total. The Balaban J connectivity index is 1.67. The van der Waals surface area contributed by atoms with E-state index in [1.165, 1.54) is 7.11 Å². The topological polar surface area (TPSA) is 95.2 Å². The number of esters is 1. The van der Waals surface area contributed by atoms with Crippen LogP contribution in [0.4, 0.5) is 0 Å². The summed E-state index contributed by atoms with van der Waals surface area (Å²) >= 11 is 4.66. The fraction of sp³-hybridized carbons (Fsp3) is 0.211. The highest BCUT2D eigenvalue weighted by molar-refractivity contribution is 7.80. The first-order valence-corrected chi connectivity index (χ1v) is 8.62. The smallest absolute Gasteiger partial charge is 0.337 e. The average Bonchev–Trinajstić information content (AvgIpc) is 2.68. The van der Waals surface area contributed by atoms with E-state index in [0.717, 1.165) is 17.7 Å². The quantitative estimate of drug-likeness (QED) is 0.224. The van der Waals surface area contributed by atoms with Crippen LogP contribution in [-0.4, -0.2) is 37.6 Å². The van der Waals surface area contributed by atoms with Gasteiger partial charge in [0.25, 0.3) is 0 Å². The van der Waals surface area contributed by atoms with E-state index in [2.05, 4.69) is 27.5 Å². The third-order valence-corrected chi connectivity index (χ3v) is 3.46. The van der Waals surface area contributed by atoms with Crippen LogP contribution in [0.2, 0.25) is 0 Å². The van der Waals surface area contributed by atoms with Crippen LogP contribution in [0.5, 0.6) is 11.5 Å². The molecule has 2 rings (SSSR count). The molecule has 2 aromatic carbocycles. The second-order valence-corrected chi connectivity index (χ2v) is 5.81. The van der Waals surface area contributed by atoms with Gasteiger partial charge in [-0.3, -0.25) is 5.43 Å². The summed E-state index contributed by atoms with van der Waals surface area (Å²) in [7, 11) is 1.35. The van der Waals surface area contributed by atoms with E-state index in [1.54, 1.807) is 30.5 Å². The van der Waals surface area contributed by atoms with Gasteiger partial charge in [0.1, 0.15) is 11.5 Å². The number of nitrogens with one attached hydrogen (secondary N) is 1. The molecular formula is C19H21N3O4S. The van der Waals surface area contributed by atoms with Crippen LogP contribution in [0, 0.1) is 0 Å². The van der Waals surface area contributed by atoms with Gasteiger partial charge in [-0.2, -0.15) is 5.10 Å². The van der Waals surface area contributed by atoms with Crippen molar-refractivity contribution in [2.75, 3.05) is 20.3 Å². The Bertz CT molecular complexity index is 777. The third-order valence-electron chi connectivity index (χ3n) is 3.37. The number of nitrogens with two attached hydrogens (primary N) is 1. The maximum Gasteiger partial charge on any atom is 0.337 e. The number of carbonyl (C=O) groups excluding carboxylic acids is 1. The normalized spacial score (nSPS) is 10.4. The van der Waals surface area contributed by atoms with Crippen molar-refractivity contribution in [3.63, 3.8) is 0 Å². The predicted octanol–water partition coefficient (Wildman–Crippen LogP) is 2.49. The molecule has 0 heterocycles. The molecule has 3 N–H and O–H groups in total. The Labute approximate surface area is 163 Å². The molecular weight excluding hydrogens is 366 g/mol. The highest BCUT2D eigenvalue weighted by atomic mass is 32.1. The number of carbonyl (C=O) groups is 1. The lowest BCUT2D eigenvalue weighted by Gasteiger charge is -2.08. The maximum absolute atomic E-state index is 11.4. The zero-order valence-electron chi connectivity index (χ0n) is 14.9. The first kappa shape index (κ1) is 20.2. The summed E-state index contributed by atoms with van der Waals surface area (Å²) in [6, 6.07) is 14.3. The van der Waals surface area contributed by atoms with E-state index in [-0.39, 0.29) is 11.1 Å². The van der Waals surface area contributed by atoms with Gasteiger partial charge in [0.15, 0.2) is 5.11 Å². The number of hydrazone groups is 1. The zero-order valence-corrected chi connectivity index (χ0v) is 15.7. The molecule has 0 unspecified atom stereocenters. The predicted molar refractivity (Wildman–Crippen MR) is 107 cm³/mol. The first-order chi connectivity index (χ1) is 13.1. The van der Waals surface area contributed by atoms with Crippen LogP contribution < -0.4 is 20.6 Å². The van der Waals surface area contributed by atoms with Crippen LogP contribution in [0.3, 0.4) is 0 Å². The number of thiocarbonyl (C=S) groups is 1.